The van der Waals surface area contributed by atoms with Gasteiger partial charge in [0.2, 0.25) is 0 Å². The average Bonchev–Trinajstić information content (AvgIpc) is 2.69. The molecule has 6 heteroatoms. The fraction of sp³-hybridized carbons (Fsp3) is 0.583. The number of aryl methyl sites for hydroxylation is 1. The Balaban J connectivity index is 2.55. The van der Waals surface area contributed by atoms with Crippen molar-refractivity contribution in [2.45, 2.75) is 27.2 Å². The molecule has 18 heavy (non-hydrogen) atoms. The molecule has 0 aliphatic rings. The molecule has 0 aliphatic carbocycles. The van der Waals surface area contributed by atoms with Crippen molar-refractivity contribution in [2.24, 2.45) is 11.8 Å². The molecule has 0 radical (unpaired) electrons. The smallest absolute Gasteiger partial charge is 0.308 e. The molecule has 0 spiro atoms. The van der Waals surface area contributed by atoms with Crippen molar-refractivity contribution < 1.29 is 19.1 Å². The van der Waals surface area contributed by atoms with Gasteiger partial charge in [0.15, 0.2) is 12.1 Å². The van der Waals surface area contributed by atoms with E-state index in [1.807, 2.05) is 13.8 Å². The molecular formula is C12H18N2O4. The maximum atomic E-state index is 11.7. The normalized spacial score (nSPS) is 12.4. The van der Waals surface area contributed by atoms with Crippen LogP contribution in [0.25, 0.3) is 0 Å². The molecule has 0 saturated heterocycles. The average molecular weight is 254 g/mol. The summed E-state index contributed by atoms with van der Waals surface area (Å²) >= 11 is 0. The Kier molecular flexibility index (Phi) is 4.88. The lowest BCUT2D eigenvalue weighted by Gasteiger charge is -2.14. The van der Waals surface area contributed by atoms with Gasteiger partial charge in [0.25, 0.3) is 5.91 Å². The highest BCUT2D eigenvalue weighted by atomic mass is 16.4. The van der Waals surface area contributed by atoms with Crippen molar-refractivity contribution in [3.63, 3.8) is 0 Å². The monoisotopic (exact) mass is 254 g/mol. The van der Waals surface area contributed by atoms with E-state index in [0.29, 0.717) is 12.2 Å². The maximum Gasteiger partial charge on any atom is 0.308 e. The third kappa shape index (κ3) is 3.87. The quantitative estimate of drug-likeness (QED) is 0.801. The Morgan fingerprint density at radius 2 is 2.17 bits per heavy atom. The van der Waals surface area contributed by atoms with Crippen LogP contribution in [0.2, 0.25) is 0 Å². The minimum Gasteiger partial charge on any atom is -0.481 e. The highest BCUT2D eigenvalue weighted by Gasteiger charge is 2.21. The van der Waals surface area contributed by atoms with E-state index >= 15 is 0 Å². The van der Waals surface area contributed by atoms with Gasteiger partial charge in [-0.05, 0) is 19.3 Å². The van der Waals surface area contributed by atoms with Crippen molar-refractivity contribution >= 4 is 11.9 Å². The summed E-state index contributed by atoms with van der Waals surface area (Å²) < 4.78 is 4.92. The SMILES string of the molecule is Cc1ocnc1C(=O)NCC(CC(C)C)C(=O)O. The summed E-state index contributed by atoms with van der Waals surface area (Å²) in [6.45, 7) is 5.61. The van der Waals surface area contributed by atoms with Crippen LogP contribution in [-0.4, -0.2) is 28.5 Å². The van der Waals surface area contributed by atoms with Crippen LogP contribution >= 0.6 is 0 Å². The lowest BCUT2D eigenvalue weighted by Crippen LogP contribution is -2.34. The summed E-state index contributed by atoms with van der Waals surface area (Å²) in [7, 11) is 0. The molecule has 2 N–H and O–H groups in total. The van der Waals surface area contributed by atoms with Crippen LogP contribution in [0.15, 0.2) is 10.8 Å². The summed E-state index contributed by atoms with van der Waals surface area (Å²) in [5, 5.41) is 11.6. The van der Waals surface area contributed by atoms with Crippen molar-refractivity contribution in [2.75, 3.05) is 6.54 Å². The molecular weight excluding hydrogens is 236 g/mol. The first-order chi connectivity index (χ1) is 8.41. The molecule has 1 aromatic heterocycles. The van der Waals surface area contributed by atoms with E-state index in [-0.39, 0.29) is 18.2 Å². The van der Waals surface area contributed by atoms with Crippen molar-refractivity contribution in [1.82, 2.24) is 10.3 Å². The van der Waals surface area contributed by atoms with Crippen molar-refractivity contribution in [3.8, 4) is 0 Å². The molecule has 100 valence electrons. The fourth-order valence-corrected chi connectivity index (χ4v) is 1.66. The second kappa shape index (κ2) is 6.18. The first-order valence-corrected chi connectivity index (χ1v) is 5.83. The lowest BCUT2D eigenvalue weighted by atomic mass is 9.97. The highest BCUT2D eigenvalue weighted by Crippen LogP contribution is 2.11. The van der Waals surface area contributed by atoms with Gasteiger partial charge in [-0.2, -0.15) is 0 Å². The molecule has 1 atom stereocenters. The van der Waals surface area contributed by atoms with Crippen LogP contribution < -0.4 is 5.32 Å². The van der Waals surface area contributed by atoms with E-state index in [1.54, 1.807) is 6.92 Å². The molecule has 0 saturated carbocycles. The number of carboxylic acid groups (broad SMARTS) is 1. The van der Waals surface area contributed by atoms with Crippen LogP contribution in [0.4, 0.5) is 0 Å². The lowest BCUT2D eigenvalue weighted by molar-refractivity contribution is -0.142. The molecule has 0 bridgehead atoms. The second-order valence-corrected chi connectivity index (χ2v) is 4.63. The third-order valence-corrected chi connectivity index (χ3v) is 2.57. The van der Waals surface area contributed by atoms with E-state index in [4.69, 9.17) is 9.52 Å². The fourth-order valence-electron chi connectivity index (χ4n) is 1.66. The van der Waals surface area contributed by atoms with E-state index in [0.717, 1.165) is 0 Å². The number of oxazole rings is 1. The zero-order valence-electron chi connectivity index (χ0n) is 10.8. The van der Waals surface area contributed by atoms with Gasteiger partial charge < -0.3 is 14.8 Å². The van der Waals surface area contributed by atoms with Gasteiger partial charge in [0.1, 0.15) is 5.76 Å². The number of hydrogen-bond donors (Lipinski definition) is 2. The number of hydrogen-bond acceptors (Lipinski definition) is 4. The maximum absolute atomic E-state index is 11.7. The number of carbonyl (C=O) groups excluding carboxylic acids is 1. The highest BCUT2D eigenvalue weighted by molar-refractivity contribution is 5.93. The number of nitrogens with zero attached hydrogens (tertiary/aromatic N) is 1. The second-order valence-electron chi connectivity index (χ2n) is 4.63. The van der Waals surface area contributed by atoms with E-state index in [1.165, 1.54) is 6.39 Å². The zero-order valence-corrected chi connectivity index (χ0v) is 10.8. The first kappa shape index (κ1) is 14.2. The van der Waals surface area contributed by atoms with Crippen molar-refractivity contribution in [3.05, 3.63) is 17.8 Å². The third-order valence-electron chi connectivity index (χ3n) is 2.57. The standard InChI is InChI=1S/C12H18N2O4/c1-7(2)4-9(12(16)17)5-13-11(15)10-8(3)18-6-14-10/h6-7,9H,4-5H2,1-3H3,(H,13,15)(H,16,17). The van der Waals surface area contributed by atoms with E-state index in [9.17, 15) is 9.59 Å². The number of carboxylic acids is 1. The summed E-state index contributed by atoms with van der Waals surface area (Å²) in [6, 6.07) is 0. The van der Waals surface area contributed by atoms with Crippen LogP contribution in [0.3, 0.4) is 0 Å². The van der Waals surface area contributed by atoms with Crippen LogP contribution in [0.1, 0.15) is 36.5 Å². The number of carbonyl (C=O) groups is 2. The Morgan fingerprint density at radius 1 is 1.50 bits per heavy atom. The van der Waals surface area contributed by atoms with Gasteiger partial charge in [0, 0.05) is 6.54 Å². The number of aromatic nitrogens is 1. The Bertz CT molecular complexity index is 425. The summed E-state index contributed by atoms with van der Waals surface area (Å²) in [5.74, 6) is -1.21. The molecule has 0 aromatic carbocycles. The molecule has 1 unspecified atom stereocenters. The summed E-state index contributed by atoms with van der Waals surface area (Å²) in [4.78, 5) is 26.5. The minimum atomic E-state index is -0.902. The molecule has 6 nitrogen and oxygen atoms in total. The van der Waals surface area contributed by atoms with Crippen molar-refractivity contribution in [1.29, 1.82) is 0 Å². The molecule has 0 aliphatic heterocycles. The topological polar surface area (TPSA) is 92.4 Å². The number of nitrogens with one attached hydrogen (secondary N) is 1. The van der Waals surface area contributed by atoms with E-state index in [2.05, 4.69) is 10.3 Å². The Hall–Kier alpha value is -1.85. The number of rotatable bonds is 6. The number of amides is 1. The van der Waals surface area contributed by atoms with Crippen LogP contribution in [0.5, 0.6) is 0 Å². The molecule has 1 rings (SSSR count). The predicted octanol–water partition coefficient (Wildman–Crippen LogP) is 1.46. The van der Waals surface area contributed by atoms with Gasteiger partial charge in [-0.15, -0.1) is 0 Å². The summed E-state index contributed by atoms with van der Waals surface area (Å²) in [6.07, 6.45) is 1.71. The molecule has 1 heterocycles. The minimum absolute atomic E-state index is 0.0959. The zero-order chi connectivity index (χ0) is 13.7. The van der Waals surface area contributed by atoms with E-state index < -0.39 is 17.8 Å². The Labute approximate surface area is 105 Å². The van der Waals surface area contributed by atoms with Crippen LogP contribution in [-0.2, 0) is 4.79 Å². The van der Waals surface area contributed by atoms with Gasteiger partial charge in [-0.3, -0.25) is 9.59 Å². The van der Waals surface area contributed by atoms with Gasteiger partial charge >= 0.3 is 5.97 Å². The van der Waals surface area contributed by atoms with Gasteiger partial charge in [0.05, 0.1) is 5.92 Å². The van der Waals surface area contributed by atoms with Gasteiger partial charge in [-0.25, -0.2) is 4.98 Å². The van der Waals surface area contributed by atoms with Gasteiger partial charge in [-0.1, -0.05) is 13.8 Å². The van der Waals surface area contributed by atoms with Crippen LogP contribution in [0, 0.1) is 18.8 Å². The largest absolute Gasteiger partial charge is 0.481 e. The molecule has 1 amide bonds. The predicted molar refractivity (Wildman–Crippen MR) is 64.2 cm³/mol. The summed E-state index contributed by atoms with van der Waals surface area (Å²) in [5.41, 5.74) is 0.198. The first-order valence-electron chi connectivity index (χ1n) is 5.83. The molecule has 1 aromatic rings. The Morgan fingerprint density at radius 3 is 2.61 bits per heavy atom. The number of aliphatic carboxylic acids is 1. The molecule has 0 fully saturated rings.